The molecule has 0 aliphatic rings. The zero-order valence-corrected chi connectivity index (χ0v) is 16.1. The van der Waals surface area contributed by atoms with Crippen LogP contribution in [0, 0.1) is 5.82 Å². The number of aliphatic hydroxyl groups is 1. The predicted molar refractivity (Wildman–Crippen MR) is 113 cm³/mol. The molecule has 0 amide bonds. The highest BCUT2D eigenvalue weighted by atomic mass is 19.1. The van der Waals surface area contributed by atoms with E-state index in [-0.39, 0.29) is 18.3 Å². The number of halogens is 1. The van der Waals surface area contributed by atoms with Gasteiger partial charge in [0.15, 0.2) is 0 Å². The second kappa shape index (κ2) is 8.84. The molecule has 1 unspecified atom stereocenters. The Hall–Kier alpha value is -3.24. The van der Waals surface area contributed by atoms with Crippen LogP contribution in [0.5, 0.6) is 0 Å². The van der Waals surface area contributed by atoms with Crippen LogP contribution in [0.25, 0.3) is 11.4 Å². The zero-order valence-electron chi connectivity index (χ0n) is 16.1. The third-order valence-corrected chi connectivity index (χ3v) is 5.18. The summed E-state index contributed by atoms with van der Waals surface area (Å²) in [5, 5.41) is 9.54. The SMILES string of the molecule is OCc1cccc(C(Cc2ccc(F)cc2)Cc2cccc(-c3ncc[nH]3)c2)c1. The Morgan fingerprint density at radius 2 is 1.62 bits per heavy atom. The summed E-state index contributed by atoms with van der Waals surface area (Å²) in [7, 11) is 0. The van der Waals surface area contributed by atoms with Crippen molar-refractivity contribution in [2.75, 3.05) is 0 Å². The number of H-pyrrole nitrogens is 1. The Balaban J connectivity index is 1.64. The molecule has 146 valence electrons. The van der Waals surface area contributed by atoms with Crippen molar-refractivity contribution in [3.63, 3.8) is 0 Å². The second-order valence-corrected chi connectivity index (χ2v) is 7.27. The lowest BCUT2D eigenvalue weighted by molar-refractivity contribution is 0.281. The number of hydrogen-bond acceptors (Lipinski definition) is 2. The van der Waals surface area contributed by atoms with Gasteiger partial charge in [-0.15, -0.1) is 0 Å². The fourth-order valence-corrected chi connectivity index (χ4v) is 3.71. The molecule has 0 aliphatic heterocycles. The monoisotopic (exact) mass is 386 g/mol. The molecule has 0 radical (unpaired) electrons. The van der Waals surface area contributed by atoms with E-state index in [2.05, 4.69) is 34.2 Å². The fraction of sp³-hybridized carbons (Fsp3) is 0.160. The molecule has 3 nitrogen and oxygen atoms in total. The van der Waals surface area contributed by atoms with Gasteiger partial charge in [-0.2, -0.15) is 0 Å². The maximum Gasteiger partial charge on any atom is 0.137 e. The topological polar surface area (TPSA) is 48.9 Å². The van der Waals surface area contributed by atoms with Gasteiger partial charge in [-0.05, 0) is 59.2 Å². The van der Waals surface area contributed by atoms with Crippen LogP contribution in [0.1, 0.15) is 28.2 Å². The summed E-state index contributed by atoms with van der Waals surface area (Å²) in [5.74, 6) is 0.835. The molecule has 1 aromatic heterocycles. The Bertz CT molecular complexity index is 1060. The van der Waals surface area contributed by atoms with Crippen LogP contribution in [-0.2, 0) is 19.4 Å². The van der Waals surface area contributed by atoms with Crippen molar-refractivity contribution >= 4 is 0 Å². The summed E-state index contributed by atoms with van der Waals surface area (Å²) >= 11 is 0. The maximum atomic E-state index is 13.3. The zero-order chi connectivity index (χ0) is 20.1. The number of imidazole rings is 1. The van der Waals surface area contributed by atoms with Gasteiger partial charge in [-0.1, -0.05) is 54.6 Å². The lowest BCUT2D eigenvalue weighted by atomic mass is 9.85. The third-order valence-electron chi connectivity index (χ3n) is 5.18. The molecule has 0 bridgehead atoms. The molecule has 4 rings (SSSR count). The highest BCUT2D eigenvalue weighted by Gasteiger charge is 2.15. The van der Waals surface area contributed by atoms with Gasteiger partial charge in [0.2, 0.25) is 0 Å². The van der Waals surface area contributed by atoms with Crippen molar-refractivity contribution in [2.24, 2.45) is 0 Å². The first-order chi connectivity index (χ1) is 14.2. The molecule has 0 spiro atoms. The largest absolute Gasteiger partial charge is 0.392 e. The summed E-state index contributed by atoms with van der Waals surface area (Å²) in [6.45, 7) is 0.0189. The van der Waals surface area contributed by atoms with Crippen molar-refractivity contribution < 1.29 is 9.50 Å². The van der Waals surface area contributed by atoms with Gasteiger partial charge < -0.3 is 10.1 Å². The highest BCUT2D eigenvalue weighted by Crippen LogP contribution is 2.28. The molecule has 29 heavy (non-hydrogen) atoms. The number of hydrogen-bond donors (Lipinski definition) is 2. The number of nitrogens with one attached hydrogen (secondary N) is 1. The van der Waals surface area contributed by atoms with Crippen molar-refractivity contribution in [2.45, 2.75) is 25.4 Å². The Morgan fingerprint density at radius 3 is 2.38 bits per heavy atom. The second-order valence-electron chi connectivity index (χ2n) is 7.27. The standard InChI is InChI=1S/C25H23FN2O/c26-24-9-7-18(8-10-24)13-23(21-5-2-4-20(16-21)17-29)15-19-3-1-6-22(14-19)25-27-11-12-28-25/h1-12,14,16,23,29H,13,15,17H2,(H,27,28). The minimum Gasteiger partial charge on any atom is -0.392 e. The van der Waals surface area contributed by atoms with E-state index in [1.54, 1.807) is 6.20 Å². The molecule has 1 atom stereocenters. The number of benzene rings is 3. The normalized spacial score (nSPS) is 12.1. The smallest absolute Gasteiger partial charge is 0.137 e. The van der Waals surface area contributed by atoms with E-state index in [9.17, 15) is 9.50 Å². The van der Waals surface area contributed by atoms with Gasteiger partial charge in [0.05, 0.1) is 6.61 Å². The number of nitrogens with zero attached hydrogens (tertiary/aromatic N) is 1. The summed E-state index contributed by atoms with van der Waals surface area (Å²) in [6, 6.07) is 23.2. The molecule has 0 saturated heterocycles. The van der Waals surface area contributed by atoms with Crippen LogP contribution >= 0.6 is 0 Å². The van der Waals surface area contributed by atoms with Crippen molar-refractivity contribution in [1.29, 1.82) is 0 Å². The van der Waals surface area contributed by atoms with Crippen LogP contribution in [0.2, 0.25) is 0 Å². The molecule has 3 aromatic carbocycles. The van der Waals surface area contributed by atoms with Gasteiger partial charge in [0.1, 0.15) is 11.6 Å². The quantitative estimate of drug-likeness (QED) is 0.454. The molecule has 0 fully saturated rings. The van der Waals surface area contributed by atoms with Gasteiger partial charge >= 0.3 is 0 Å². The van der Waals surface area contributed by atoms with Crippen LogP contribution in [-0.4, -0.2) is 15.1 Å². The number of aromatic amines is 1. The molecule has 4 aromatic rings. The van der Waals surface area contributed by atoms with E-state index >= 15 is 0 Å². The fourth-order valence-electron chi connectivity index (χ4n) is 3.71. The van der Waals surface area contributed by atoms with Gasteiger partial charge in [-0.25, -0.2) is 9.37 Å². The first-order valence-corrected chi connectivity index (χ1v) is 9.74. The molecule has 0 saturated carbocycles. The van der Waals surface area contributed by atoms with Crippen LogP contribution in [0.4, 0.5) is 4.39 Å². The average molecular weight is 386 g/mol. The lowest BCUT2D eigenvalue weighted by Crippen LogP contribution is -2.08. The third kappa shape index (κ3) is 4.79. The molecule has 0 aliphatic carbocycles. The van der Waals surface area contributed by atoms with Crippen molar-refractivity contribution in [3.05, 3.63) is 113 Å². The number of rotatable bonds is 7. The average Bonchev–Trinajstić information content (AvgIpc) is 3.30. The Morgan fingerprint density at radius 1 is 0.862 bits per heavy atom. The van der Waals surface area contributed by atoms with Crippen LogP contribution in [0.3, 0.4) is 0 Å². The van der Waals surface area contributed by atoms with Gasteiger partial charge in [-0.3, -0.25) is 0 Å². The minimum absolute atomic E-state index is 0.0189. The first-order valence-electron chi connectivity index (χ1n) is 9.74. The Labute approximate surface area is 169 Å². The van der Waals surface area contributed by atoms with E-state index in [1.807, 2.05) is 42.6 Å². The van der Waals surface area contributed by atoms with E-state index in [1.165, 1.54) is 23.3 Å². The highest BCUT2D eigenvalue weighted by molar-refractivity contribution is 5.56. The van der Waals surface area contributed by atoms with E-state index in [0.29, 0.717) is 0 Å². The summed E-state index contributed by atoms with van der Waals surface area (Å²) in [4.78, 5) is 7.50. The molecular formula is C25H23FN2O. The van der Waals surface area contributed by atoms with Crippen LogP contribution < -0.4 is 0 Å². The summed E-state index contributed by atoms with van der Waals surface area (Å²) < 4.78 is 13.3. The van der Waals surface area contributed by atoms with E-state index < -0.39 is 0 Å². The van der Waals surface area contributed by atoms with Crippen molar-refractivity contribution in [3.8, 4) is 11.4 Å². The summed E-state index contributed by atoms with van der Waals surface area (Å²) in [6.07, 6.45) is 5.19. The summed E-state index contributed by atoms with van der Waals surface area (Å²) in [5.41, 5.74) is 5.42. The molecule has 4 heteroatoms. The lowest BCUT2D eigenvalue weighted by Gasteiger charge is -2.19. The van der Waals surface area contributed by atoms with Crippen molar-refractivity contribution in [1.82, 2.24) is 9.97 Å². The molecule has 1 heterocycles. The van der Waals surface area contributed by atoms with Crippen LogP contribution in [0.15, 0.2) is 85.2 Å². The van der Waals surface area contributed by atoms with Gasteiger partial charge in [0, 0.05) is 18.0 Å². The maximum absolute atomic E-state index is 13.3. The minimum atomic E-state index is -0.223. The first kappa shape index (κ1) is 19.1. The van der Waals surface area contributed by atoms with E-state index in [0.717, 1.165) is 35.4 Å². The molecular weight excluding hydrogens is 363 g/mol. The number of aliphatic hydroxyl groups excluding tert-OH is 1. The predicted octanol–water partition coefficient (Wildman–Crippen LogP) is 5.28. The number of aromatic nitrogens is 2. The molecule has 2 N–H and O–H groups in total. The van der Waals surface area contributed by atoms with Gasteiger partial charge in [0.25, 0.3) is 0 Å². The van der Waals surface area contributed by atoms with E-state index in [4.69, 9.17) is 0 Å². The Kier molecular flexibility index (Phi) is 5.82.